The fourth-order valence-corrected chi connectivity index (χ4v) is 3.87. The molecule has 0 aliphatic carbocycles. The molecule has 7 nitrogen and oxygen atoms in total. The molecule has 1 heterocycles. The Morgan fingerprint density at radius 3 is 2.61 bits per heavy atom. The van der Waals surface area contributed by atoms with Gasteiger partial charge >= 0.3 is 17.7 Å². The number of rotatable bonds is 9. The normalized spacial score (nSPS) is 11.7. The number of alkyl carbamates (subject to hydrolysis) is 1. The van der Waals surface area contributed by atoms with Crippen molar-refractivity contribution in [3.8, 4) is 5.75 Å². The summed E-state index contributed by atoms with van der Waals surface area (Å²) in [5, 5.41) is 3.20. The van der Waals surface area contributed by atoms with Crippen LogP contribution >= 0.6 is 11.8 Å². The Hall–Kier alpha value is -3.26. The lowest BCUT2D eigenvalue weighted by Crippen LogP contribution is -2.43. The molecule has 0 radical (unpaired) electrons. The van der Waals surface area contributed by atoms with Gasteiger partial charge in [-0.3, -0.25) is 0 Å². The van der Waals surface area contributed by atoms with Gasteiger partial charge in [0.25, 0.3) is 0 Å². The third kappa shape index (κ3) is 6.61. The summed E-state index contributed by atoms with van der Waals surface area (Å²) in [6.45, 7) is 3.82. The van der Waals surface area contributed by atoms with Gasteiger partial charge in [-0.05, 0) is 60.6 Å². The Morgan fingerprint density at radius 2 is 1.91 bits per heavy atom. The first-order valence-corrected chi connectivity index (χ1v) is 12.1. The van der Waals surface area contributed by atoms with Crippen molar-refractivity contribution in [3.05, 3.63) is 75.6 Å². The molecule has 0 aliphatic rings. The Morgan fingerprint density at radius 1 is 1.15 bits per heavy atom. The van der Waals surface area contributed by atoms with Crippen LogP contribution in [0.1, 0.15) is 30.0 Å². The van der Waals surface area contributed by atoms with E-state index in [2.05, 4.69) is 5.32 Å². The molecule has 2 aromatic carbocycles. The Balaban J connectivity index is 1.79. The van der Waals surface area contributed by atoms with Gasteiger partial charge in [0.1, 0.15) is 24.0 Å². The molecule has 1 aromatic heterocycles. The van der Waals surface area contributed by atoms with E-state index in [4.69, 9.17) is 13.9 Å². The summed E-state index contributed by atoms with van der Waals surface area (Å²) < 4.78 is 16.3. The molecule has 0 bridgehead atoms. The third-order valence-corrected chi connectivity index (χ3v) is 5.67. The molecule has 174 valence electrons. The molecule has 1 unspecified atom stereocenters. The van der Waals surface area contributed by atoms with Crippen LogP contribution in [0.3, 0.4) is 0 Å². The quantitative estimate of drug-likeness (QED) is 0.278. The van der Waals surface area contributed by atoms with E-state index < -0.39 is 23.7 Å². The Bertz CT molecular complexity index is 1170. The highest BCUT2D eigenvalue weighted by molar-refractivity contribution is 7.98. The standard InChI is InChI=1S/C25H27NO6S/c1-4-18-14-22(27)31-20-12-16(2)13-21(23(18)20)32-24(28)19(10-11-33-3)26-25(29)30-15-17-8-6-5-7-9-17/h5-9,12-14,19H,4,10-11,15H2,1-3H3,(H,26,29). The first kappa shape index (κ1) is 24.4. The molecule has 0 saturated heterocycles. The zero-order valence-corrected chi connectivity index (χ0v) is 19.7. The van der Waals surface area contributed by atoms with Gasteiger partial charge in [0.15, 0.2) is 0 Å². The lowest BCUT2D eigenvalue weighted by Gasteiger charge is -2.18. The van der Waals surface area contributed by atoms with Crippen molar-refractivity contribution < 1.29 is 23.5 Å². The number of fused-ring (bicyclic) bond motifs is 1. The van der Waals surface area contributed by atoms with Gasteiger partial charge in [0.05, 0.1) is 5.39 Å². The molecule has 0 spiro atoms. The highest BCUT2D eigenvalue weighted by atomic mass is 32.2. The number of hydrogen-bond donors (Lipinski definition) is 1. The van der Waals surface area contributed by atoms with Gasteiger partial charge in [-0.1, -0.05) is 37.3 Å². The summed E-state index contributed by atoms with van der Waals surface area (Å²) in [6.07, 6.45) is 2.16. The summed E-state index contributed by atoms with van der Waals surface area (Å²) in [5.41, 5.74) is 2.24. The maximum Gasteiger partial charge on any atom is 0.408 e. The number of aryl methyl sites for hydroxylation is 2. The van der Waals surface area contributed by atoms with Crippen LogP contribution < -0.4 is 15.7 Å². The average Bonchev–Trinajstić information content (AvgIpc) is 2.79. The molecule has 3 aromatic rings. The van der Waals surface area contributed by atoms with Crippen LogP contribution in [0.5, 0.6) is 5.75 Å². The minimum absolute atomic E-state index is 0.0956. The van der Waals surface area contributed by atoms with Crippen molar-refractivity contribution in [1.82, 2.24) is 5.32 Å². The van der Waals surface area contributed by atoms with Crippen molar-refractivity contribution in [2.45, 2.75) is 39.3 Å². The van der Waals surface area contributed by atoms with Crippen LogP contribution in [-0.2, 0) is 22.6 Å². The molecule has 0 fully saturated rings. The smallest absolute Gasteiger partial charge is 0.408 e. The Kier molecular flexibility index (Phi) is 8.54. The number of esters is 1. The number of carbonyl (C=O) groups is 2. The highest BCUT2D eigenvalue weighted by Gasteiger charge is 2.25. The van der Waals surface area contributed by atoms with Gasteiger partial charge in [0, 0.05) is 6.07 Å². The van der Waals surface area contributed by atoms with Gasteiger partial charge in [-0.15, -0.1) is 0 Å². The maximum atomic E-state index is 13.1. The number of carbonyl (C=O) groups excluding carboxylic acids is 2. The minimum Gasteiger partial charge on any atom is -0.445 e. The van der Waals surface area contributed by atoms with E-state index in [0.29, 0.717) is 35.3 Å². The van der Waals surface area contributed by atoms with E-state index in [1.165, 1.54) is 6.07 Å². The SMILES string of the molecule is CCc1cc(=O)oc2cc(C)cc(OC(=O)C(CCSC)NC(=O)OCc3ccccc3)c12. The van der Waals surface area contributed by atoms with Gasteiger partial charge in [0.2, 0.25) is 0 Å². The molecule has 1 N–H and O–H groups in total. The van der Waals surface area contributed by atoms with Crippen LogP contribution in [0, 0.1) is 6.92 Å². The van der Waals surface area contributed by atoms with E-state index >= 15 is 0 Å². The summed E-state index contributed by atoms with van der Waals surface area (Å²) in [5.74, 6) is 0.327. The van der Waals surface area contributed by atoms with Crippen molar-refractivity contribution in [2.75, 3.05) is 12.0 Å². The summed E-state index contributed by atoms with van der Waals surface area (Å²) in [6, 6.07) is 13.2. The molecular formula is C25H27NO6S. The molecule has 1 atom stereocenters. The van der Waals surface area contributed by atoms with E-state index in [1.807, 2.05) is 50.4 Å². The number of ether oxygens (including phenoxy) is 2. The van der Waals surface area contributed by atoms with Crippen LogP contribution in [-0.4, -0.2) is 30.1 Å². The number of hydrogen-bond acceptors (Lipinski definition) is 7. The fourth-order valence-electron chi connectivity index (χ4n) is 3.40. The van der Waals surface area contributed by atoms with Crippen LogP contribution in [0.25, 0.3) is 11.0 Å². The molecule has 3 rings (SSSR count). The van der Waals surface area contributed by atoms with Gasteiger partial charge in [-0.2, -0.15) is 11.8 Å². The number of thioether (sulfide) groups is 1. The van der Waals surface area contributed by atoms with Crippen molar-refractivity contribution in [2.24, 2.45) is 0 Å². The summed E-state index contributed by atoms with van der Waals surface area (Å²) in [7, 11) is 0. The predicted molar refractivity (Wildman–Crippen MR) is 129 cm³/mol. The molecule has 0 aliphatic heterocycles. The van der Waals surface area contributed by atoms with E-state index in [1.54, 1.807) is 23.9 Å². The largest absolute Gasteiger partial charge is 0.445 e. The lowest BCUT2D eigenvalue weighted by atomic mass is 10.0. The second-order valence-electron chi connectivity index (χ2n) is 7.54. The molecule has 33 heavy (non-hydrogen) atoms. The van der Waals surface area contributed by atoms with Crippen molar-refractivity contribution in [1.29, 1.82) is 0 Å². The number of nitrogens with one attached hydrogen (secondary N) is 1. The summed E-state index contributed by atoms with van der Waals surface area (Å²) in [4.78, 5) is 37.3. The lowest BCUT2D eigenvalue weighted by molar-refractivity contribution is -0.136. The summed E-state index contributed by atoms with van der Waals surface area (Å²) >= 11 is 1.55. The molecule has 8 heteroatoms. The van der Waals surface area contributed by atoms with Gasteiger partial charge < -0.3 is 19.2 Å². The fraction of sp³-hybridized carbons (Fsp3) is 0.320. The first-order valence-electron chi connectivity index (χ1n) is 10.7. The van der Waals surface area contributed by atoms with E-state index in [9.17, 15) is 14.4 Å². The molecule has 1 amide bonds. The Labute approximate surface area is 196 Å². The van der Waals surface area contributed by atoms with Crippen molar-refractivity contribution >= 4 is 34.8 Å². The number of benzene rings is 2. The second-order valence-corrected chi connectivity index (χ2v) is 8.53. The maximum absolute atomic E-state index is 13.1. The zero-order valence-electron chi connectivity index (χ0n) is 18.9. The van der Waals surface area contributed by atoms with Crippen LogP contribution in [0.15, 0.2) is 57.7 Å². The number of amides is 1. The van der Waals surface area contributed by atoms with E-state index in [0.717, 1.165) is 16.7 Å². The van der Waals surface area contributed by atoms with Crippen molar-refractivity contribution in [3.63, 3.8) is 0 Å². The highest BCUT2D eigenvalue weighted by Crippen LogP contribution is 2.30. The first-order chi connectivity index (χ1) is 15.9. The topological polar surface area (TPSA) is 94.8 Å². The van der Waals surface area contributed by atoms with Gasteiger partial charge in [-0.25, -0.2) is 14.4 Å². The predicted octanol–water partition coefficient (Wildman–Crippen LogP) is 4.62. The molecular weight excluding hydrogens is 442 g/mol. The monoisotopic (exact) mass is 469 g/mol. The average molecular weight is 470 g/mol. The third-order valence-electron chi connectivity index (χ3n) is 5.03. The van der Waals surface area contributed by atoms with E-state index in [-0.39, 0.29) is 6.61 Å². The molecule has 0 saturated carbocycles. The second kappa shape index (κ2) is 11.6. The minimum atomic E-state index is -0.892. The van der Waals surface area contributed by atoms with Crippen LogP contribution in [0.4, 0.5) is 4.79 Å². The zero-order chi connectivity index (χ0) is 23.8. The van der Waals surface area contributed by atoms with Crippen LogP contribution in [0.2, 0.25) is 0 Å².